The van der Waals surface area contributed by atoms with E-state index in [1.807, 2.05) is 41.5 Å². The predicted octanol–water partition coefficient (Wildman–Crippen LogP) is 1.44. The molecular formula is C24H46N4O10. The molecule has 2 aliphatic heterocycles. The Morgan fingerprint density at radius 2 is 0.947 bits per heavy atom. The van der Waals surface area contributed by atoms with Crippen LogP contribution >= 0.6 is 0 Å². The van der Waals surface area contributed by atoms with Gasteiger partial charge in [0.1, 0.15) is 0 Å². The van der Waals surface area contributed by atoms with Crippen LogP contribution in [0, 0.1) is 0 Å². The highest BCUT2D eigenvalue weighted by molar-refractivity contribution is 6.27. The van der Waals surface area contributed by atoms with Crippen LogP contribution in [0.5, 0.6) is 0 Å². The Balaban J connectivity index is 0.000000596. The van der Waals surface area contributed by atoms with Gasteiger partial charge in [0.2, 0.25) is 0 Å². The smallest absolute Gasteiger partial charge is 0.414 e. The molecule has 2 aliphatic rings. The van der Waals surface area contributed by atoms with Crippen LogP contribution in [0.3, 0.4) is 0 Å². The van der Waals surface area contributed by atoms with Crippen molar-refractivity contribution in [1.82, 2.24) is 20.4 Å². The number of nitrogens with one attached hydrogen (secondary N) is 2. The van der Waals surface area contributed by atoms with Gasteiger partial charge in [-0.25, -0.2) is 19.2 Å². The van der Waals surface area contributed by atoms with Gasteiger partial charge in [0, 0.05) is 38.4 Å². The van der Waals surface area contributed by atoms with Crippen molar-refractivity contribution in [1.29, 1.82) is 0 Å². The molecule has 0 aromatic heterocycles. The normalized spacial score (nSPS) is 23.5. The summed E-state index contributed by atoms with van der Waals surface area (Å²) in [6, 6.07) is -0.229. The summed E-state index contributed by atoms with van der Waals surface area (Å²) in [7, 11) is 3.29. The van der Waals surface area contributed by atoms with Crippen LogP contribution in [-0.4, -0.2) is 130 Å². The molecule has 0 spiro atoms. The van der Waals surface area contributed by atoms with E-state index >= 15 is 0 Å². The van der Waals surface area contributed by atoms with Crippen molar-refractivity contribution in [2.24, 2.45) is 0 Å². The third kappa shape index (κ3) is 11.4. The van der Waals surface area contributed by atoms with Crippen molar-refractivity contribution in [2.75, 3.05) is 40.4 Å². The van der Waals surface area contributed by atoms with Crippen LogP contribution in [0.4, 0.5) is 9.59 Å². The first-order chi connectivity index (χ1) is 17.4. The number of carbonyl (C=O) groups is 4. The maximum Gasteiger partial charge on any atom is 0.414 e. The summed E-state index contributed by atoms with van der Waals surface area (Å²) in [6.45, 7) is 14.5. The molecule has 0 aliphatic carbocycles. The molecule has 2 fully saturated rings. The van der Waals surface area contributed by atoms with Gasteiger partial charge < -0.3 is 40.5 Å². The number of aliphatic carboxylic acids is 2. The number of ether oxygens (including phenoxy) is 2. The molecule has 6 N–H and O–H groups in total. The van der Waals surface area contributed by atoms with Crippen LogP contribution in [0.15, 0.2) is 0 Å². The van der Waals surface area contributed by atoms with E-state index in [0.29, 0.717) is 13.1 Å². The molecule has 0 unspecified atom stereocenters. The molecule has 0 aromatic rings. The molecule has 0 radical (unpaired) electrons. The van der Waals surface area contributed by atoms with Crippen molar-refractivity contribution in [3.05, 3.63) is 0 Å². The average molecular weight is 551 g/mol. The quantitative estimate of drug-likeness (QED) is 0.276. The monoisotopic (exact) mass is 550 g/mol. The van der Waals surface area contributed by atoms with Gasteiger partial charge in [-0.2, -0.15) is 0 Å². The van der Waals surface area contributed by atoms with E-state index in [0.717, 1.165) is 25.9 Å². The second-order valence-electron chi connectivity index (χ2n) is 10.9. The molecule has 2 rings (SSSR count). The maximum absolute atomic E-state index is 11.3. The Morgan fingerprint density at radius 1 is 0.658 bits per heavy atom. The van der Waals surface area contributed by atoms with Gasteiger partial charge in [-0.3, -0.25) is 9.80 Å². The third-order valence-corrected chi connectivity index (χ3v) is 6.09. The molecule has 0 bridgehead atoms. The Bertz CT molecular complexity index is 717. The van der Waals surface area contributed by atoms with Crippen molar-refractivity contribution >= 4 is 24.1 Å². The fraction of sp³-hybridized carbons (Fsp3) is 0.833. The van der Waals surface area contributed by atoms with E-state index in [9.17, 15) is 19.8 Å². The number of hydrogen-bond acceptors (Lipinski definition) is 8. The van der Waals surface area contributed by atoms with Gasteiger partial charge in [-0.05, 0) is 67.5 Å². The zero-order chi connectivity index (χ0) is 29.8. The molecule has 4 atom stereocenters. The lowest BCUT2D eigenvalue weighted by Gasteiger charge is -2.44. The van der Waals surface area contributed by atoms with Crippen molar-refractivity contribution < 1.29 is 49.1 Å². The topological polar surface area (TPSA) is 198 Å². The Labute approximate surface area is 224 Å². The second kappa shape index (κ2) is 15.7. The summed E-state index contributed by atoms with van der Waals surface area (Å²) in [6.07, 6.45) is -0.109. The van der Waals surface area contributed by atoms with Crippen LogP contribution in [0.2, 0.25) is 0 Å². The first-order valence-electron chi connectivity index (χ1n) is 12.4. The highest BCUT2D eigenvalue weighted by Gasteiger charge is 2.40. The van der Waals surface area contributed by atoms with Crippen molar-refractivity contribution in [3.8, 4) is 0 Å². The SMILES string of the molecule is CO[C@H]1CCNC[C@H]1N(C(=O)O)C(C)(C)C.CO[C@H]1CCNC[C@H]1N(C(=O)O)C(C)(C)C.O=C(O)C(=O)O. The van der Waals surface area contributed by atoms with E-state index in [2.05, 4.69) is 10.6 Å². The zero-order valence-electron chi connectivity index (χ0n) is 23.7. The Morgan fingerprint density at radius 3 is 1.13 bits per heavy atom. The van der Waals surface area contributed by atoms with Crippen molar-refractivity contribution in [2.45, 2.75) is 89.8 Å². The number of rotatable bonds is 4. The molecule has 14 heteroatoms. The lowest BCUT2D eigenvalue weighted by Crippen LogP contribution is -2.61. The zero-order valence-corrected chi connectivity index (χ0v) is 23.7. The summed E-state index contributed by atoms with van der Waals surface area (Å²) < 4.78 is 10.8. The van der Waals surface area contributed by atoms with Crippen LogP contribution < -0.4 is 10.6 Å². The highest BCUT2D eigenvalue weighted by Crippen LogP contribution is 2.24. The Kier molecular flexibility index (Phi) is 14.6. The number of hydrogen-bond donors (Lipinski definition) is 6. The average Bonchev–Trinajstić information content (AvgIpc) is 2.78. The van der Waals surface area contributed by atoms with E-state index in [1.165, 1.54) is 9.80 Å². The minimum absolute atomic E-state index is 0.0171. The Hall–Kier alpha value is -2.68. The molecule has 38 heavy (non-hydrogen) atoms. The van der Waals surface area contributed by atoms with E-state index in [1.54, 1.807) is 14.2 Å². The van der Waals surface area contributed by atoms with Gasteiger partial charge in [0.05, 0.1) is 24.3 Å². The van der Waals surface area contributed by atoms with Crippen molar-refractivity contribution in [3.63, 3.8) is 0 Å². The van der Waals surface area contributed by atoms with E-state index in [4.69, 9.17) is 29.3 Å². The third-order valence-electron chi connectivity index (χ3n) is 6.09. The minimum atomic E-state index is -1.82. The lowest BCUT2D eigenvalue weighted by atomic mass is 9.96. The first kappa shape index (κ1) is 35.3. The number of carboxylic acids is 2. The summed E-state index contributed by atoms with van der Waals surface area (Å²) in [5.74, 6) is -3.65. The largest absolute Gasteiger partial charge is 0.473 e. The fourth-order valence-electron chi connectivity index (χ4n) is 4.55. The molecule has 2 saturated heterocycles. The number of carboxylic acid groups (broad SMARTS) is 4. The van der Waals surface area contributed by atoms with Gasteiger partial charge >= 0.3 is 24.1 Å². The number of methoxy groups -OCH3 is 2. The van der Waals surface area contributed by atoms with Gasteiger partial charge in [0.25, 0.3) is 0 Å². The number of nitrogens with zero attached hydrogens (tertiary/aromatic N) is 2. The van der Waals surface area contributed by atoms with Gasteiger partial charge in [-0.15, -0.1) is 0 Å². The predicted molar refractivity (Wildman–Crippen MR) is 139 cm³/mol. The summed E-state index contributed by atoms with van der Waals surface area (Å²) >= 11 is 0. The lowest BCUT2D eigenvalue weighted by molar-refractivity contribution is -0.159. The second-order valence-corrected chi connectivity index (χ2v) is 10.9. The van der Waals surface area contributed by atoms with Gasteiger partial charge in [-0.1, -0.05) is 0 Å². The summed E-state index contributed by atoms with van der Waals surface area (Å²) in [4.78, 5) is 43.9. The first-order valence-corrected chi connectivity index (χ1v) is 12.4. The van der Waals surface area contributed by atoms with Gasteiger partial charge in [0.15, 0.2) is 0 Å². The van der Waals surface area contributed by atoms with Crippen LogP contribution in [0.25, 0.3) is 0 Å². The fourth-order valence-corrected chi connectivity index (χ4v) is 4.55. The summed E-state index contributed by atoms with van der Waals surface area (Å²) in [5, 5.41) is 39.9. The number of piperidine rings is 2. The van der Waals surface area contributed by atoms with E-state index in [-0.39, 0.29) is 24.3 Å². The molecule has 2 amide bonds. The molecular weight excluding hydrogens is 504 g/mol. The maximum atomic E-state index is 11.3. The minimum Gasteiger partial charge on any atom is -0.473 e. The molecule has 0 saturated carbocycles. The summed E-state index contributed by atoms with van der Waals surface area (Å²) in [5.41, 5.74) is -0.821. The highest BCUT2D eigenvalue weighted by atomic mass is 16.5. The number of amides is 2. The molecule has 0 aromatic carbocycles. The molecule has 2 heterocycles. The van der Waals surface area contributed by atoms with Crippen LogP contribution in [-0.2, 0) is 19.1 Å². The standard InChI is InChI=1S/2C11H22N2O3.C2H2O4/c2*1-11(2,3)13(10(14)15)8-7-12-6-5-9(8)16-4;3-1(4)2(5)6/h2*8-9,12H,5-7H2,1-4H3,(H,14,15);(H,3,4)(H,5,6)/t2*8-,9+;/m11./s1. The molecule has 222 valence electrons. The molecule has 14 nitrogen and oxygen atoms in total. The van der Waals surface area contributed by atoms with E-state index < -0.39 is 35.2 Å². The van der Waals surface area contributed by atoms with Crippen LogP contribution in [0.1, 0.15) is 54.4 Å².